The number of esters is 1. The van der Waals surface area contributed by atoms with Crippen LogP contribution in [-0.4, -0.2) is 12.1 Å². The molecule has 1 atom stereocenters. The summed E-state index contributed by atoms with van der Waals surface area (Å²) >= 11 is 0. The summed E-state index contributed by atoms with van der Waals surface area (Å²) in [4.78, 5) is 12.0. The molecule has 25 heavy (non-hydrogen) atoms. The van der Waals surface area contributed by atoms with Gasteiger partial charge in [0.25, 0.3) is 0 Å². The number of hydrogen-bond acceptors (Lipinski definition) is 4. The van der Waals surface area contributed by atoms with Crippen molar-refractivity contribution in [2.75, 3.05) is 0 Å². The van der Waals surface area contributed by atoms with E-state index < -0.39 is 0 Å². The van der Waals surface area contributed by atoms with Gasteiger partial charge in [0, 0.05) is 12.0 Å². The molecular formula is C21H24O4. The van der Waals surface area contributed by atoms with E-state index in [-0.39, 0.29) is 12.1 Å². The zero-order valence-corrected chi connectivity index (χ0v) is 14.6. The summed E-state index contributed by atoms with van der Waals surface area (Å²) < 4.78 is 15.6. The minimum absolute atomic E-state index is 0.124. The summed E-state index contributed by atoms with van der Waals surface area (Å²) in [7, 11) is 0. The quantitative estimate of drug-likeness (QED) is 0.385. The number of cyclic esters (lactones) is 1. The maximum Gasteiger partial charge on any atom is 0.334 e. The molecule has 0 bridgehead atoms. The molecule has 0 unspecified atom stereocenters. The summed E-state index contributed by atoms with van der Waals surface area (Å²) in [5, 5.41) is 0. The van der Waals surface area contributed by atoms with E-state index in [9.17, 15) is 4.79 Å². The van der Waals surface area contributed by atoms with Crippen molar-refractivity contribution in [1.29, 1.82) is 0 Å². The molecule has 2 aromatic rings. The van der Waals surface area contributed by atoms with Gasteiger partial charge in [-0.15, -0.1) is 0 Å². The predicted molar refractivity (Wildman–Crippen MR) is 95.0 cm³/mol. The lowest BCUT2D eigenvalue weighted by molar-refractivity contribution is -0.137. The molecule has 0 amide bonds. The van der Waals surface area contributed by atoms with Gasteiger partial charge in [0.1, 0.15) is 6.10 Å². The standard InChI is InChI=1S/C21H24O4/c1-16(4-2-5-17-8-10-23-14-17)12-20-13-19(21(22)25-20)7-3-6-18-9-11-24-15-18/h7-12,14-15,20H,2-6,13H2,1H3/b16-12+,19-7+/t20-/m0/s1. The Morgan fingerprint density at radius 3 is 2.56 bits per heavy atom. The third-order valence-corrected chi connectivity index (χ3v) is 4.43. The lowest BCUT2D eigenvalue weighted by Crippen LogP contribution is -2.03. The molecule has 1 aliphatic rings. The number of rotatable bonds is 8. The van der Waals surface area contributed by atoms with Crippen LogP contribution in [0, 0.1) is 0 Å². The molecule has 0 N–H and O–H groups in total. The van der Waals surface area contributed by atoms with Crippen molar-refractivity contribution in [3.63, 3.8) is 0 Å². The van der Waals surface area contributed by atoms with Crippen LogP contribution in [0.15, 0.2) is 69.3 Å². The molecular weight excluding hydrogens is 316 g/mol. The second-order valence-corrected chi connectivity index (χ2v) is 6.55. The minimum atomic E-state index is -0.181. The van der Waals surface area contributed by atoms with Crippen molar-refractivity contribution < 1.29 is 18.4 Å². The highest BCUT2D eigenvalue weighted by molar-refractivity contribution is 5.90. The van der Waals surface area contributed by atoms with E-state index in [2.05, 4.69) is 13.0 Å². The predicted octanol–water partition coefficient (Wildman–Crippen LogP) is 5.02. The van der Waals surface area contributed by atoms with E-state index in [1.807, 2.05) is 18.2 Å². The monoisotopic (exact) mass is 340 g/mol. The van der Waals surface area contributed by atoms with Gasteiger partial charge < -0.3 is 13.6 Å². The minimum Gasteiger partial charge on any atom is -0.472 e. The normalized spacial score (nSPS) is 19.6. The molecule has 0 aliphatic carbocycles. The van der Waals surface area contributed by atoms with Crippen LogP contribution in [0.3, 0.4) is 0 Å². The Balaban J connectivity index is 1.44. The molecule has 0 radical (unpaired) electrons. The van der Waals surface area contributed by atoms with Crippen molar-refractivity contribution in [3.8, 4) is 0 Å². The molecule has 0 saturated carbocycles. The first kappa shape index (κ1) is 17.3. The van der Waals surface area contributed by atoms with E-state index in [0.29, 0.717) is 6.42 Å². The third kappa shape index (κ3) is 5.24. The maximum atomic E-state index is 12.0. The second kappa shape index (κ2) is 8.56. The Bertz CT molecular complexity index is 720. The average Bonchev–Trinajstić information content (AvgIpc) is 3.31. The summed E-state index contributed by atoms with van der Waals surface area (Å²) in [6.07, 6.45) is 16.3. The molecule has 3 heterocycles. The molecule has 0 spiro atoms. The Kier molecular flexibility index (Phi) is 5.94. The zero-order valence-electron chi connectivity index (χ0n) is 14.6. The molecule has 4 nitrogen and oxygen atoms in total. The van der Waals surface area contributed by atoms with Gasteiger partial charge in [0.15, 0.2) is 0 Å². The number of carbonyl (C=O) groups excluding carboxylic acids is 1. The van der Waals surface area contributed by atoms with Gasteiger partial charge in [-0.3, -0.25) is 0 Å². The van der Waals surface area contributed by atoms with Crippen LogP contribution in [0.2, 0.25) is 0 Å². The Hall–Kier alpha value is -2.49. The van der Waals surface area contributed by atoms with Gasteiger partial charge in [-0.25, -0.2) is 4.79 Å². The van der Waals surface area contributed by atoms with Crippen LogP contribution >= 0.6 is 0 Å². The van der Waals surface area contributed by atoms with Crippen LogP contribution in [0.25, 0.3) is 0 Å². The SMILES string of the molecule is C/C(=C\[C@H]1C/C(=C\CCc2ccoc2)C(=O)O1)CCCc1ccoc1. The first-order chi connectivity index (χ1) is 12.2. The average molecular weight is 340 g/mol. The fourth-order valence-corrected chi connectivity index (χ4v) is 3.07. The summed E-state index contributed by atoms with van der Waals surface area (Å²) in [5.41, 5.74) is 4.42. The third-order valence-electron chi connectivity index (χ3n) is 4.43. The number of hydrogen-bond donors (Lipinski definition) is 0. The molecule has 132 valence electrons. The molecule has 1 aliphatic heterocycles. The van der Waals surface area contributed by atoms with Crippen LogP contribution in [-0.2, 0) is 22.4 Å². The first-order valence-corrected chi connectivity index (χ1v) is 8.80. The largest absolute Gasteiger partial charge is 0.472 e. The molecule has 1 fully saturated rings. The van der Waals surface area contributed by atoms with Crippen molar-refractivity contribution in [1.82, 2.24) is 0 Å². The number of allylic oxidation sites excluding steroid dienone is 2. The maximum absolute atomic E-state index is 12.0. The zero-order chi connectivity index (χ0) is 17.5. The van der Waals surface area contributed by atoms with Crippen molar-refractivity contribution in [2.45, 2.75) is 51.6 Å². The van der Waals surface area contributed by atoms with Gasteiger partial charge in [-0.2, -0.15) is 0 Å². The molecule has 3 rings (SSSR count). The van der Waals surface area contributed by atoms with Gasteiger partial charge in [-0.05, 0) is 68.4 Å². The highest BCUT2D eigenvalue weighted by Gasteiger charge is 2.26. The highest BCUT2D eigenvalue weighted by Crippen LogP contribution is 2.24. The topological polar surface area (TPSA) is 52.6 Å². The number of carbonyl (C=O) groups is 1. The van der Waals surface area contributed by atoms with Crippen molar-refractivity contribution in [3.05, 3.63) is 71.6 Å². The number of ether oxygens (including phenoxy) is 1. The fraction of sp³-hybridized carbons (Fsp3) is 0.381. The Morgan fingerprint density at radius 2 is 1.88 bits per heavy atom. The summed E-state index contributed by atoms with van der Waals surface area (Å²) in [6.45, 7) is 2.10. The first-order valence-electron chi connectivity index (χ1n) is 8.80. The summed E-state index contributed by atoms with van der Waals surface area (Å²) in [6, 6.07) is 3.95. The van der Waals surface area contributed by atoms with E-state index in [0.717, 1.165) is 43.2 Å². The van der Waals surface area contributed by atoms with Gasteiger partial charge in [0.2, 0.25) is 0 Å². The molecule has 2 aromatic heterocycles. The number of furan rings is 2. The van der Waals surface area contributed by atoms with E-state index >= 15 is 0 Å². The number of aryl methyl sites for hydroxylation is 2. The lowest BCUT2D eigenvalue weighted by Gasteiger charge is -2.05. The van der Waals surface area contributed by atoms with Crippen molar-refractivity contribution in [2.24, 2.45) is 0 Å². The Labute approximate surface area is 148 Å². The van der Waals surface area contributed by atoms with E-state index in [1.54, 1.807) is 25.1 Å². The van der Waals surface area contributed by atoms with Crippen LogP contribution in [0.4, 0.5) is 0 Å². The fourth-order valence-electron chi connectivity index (χ4n) is 3.07. The lowest BCUT2D eigenvalue weighted by atomic mass is 10.0. The van der Waals surface area contributed by atoms with E-state index in [1.165, 1.54) is 11.1 Å². The van der Waals surface area contributed by atoms with Gasteiger partial charge in [0.05, 0.1) is 25.1 Å². The smallest absolute Gasteiger partial charge is 0.334 e. The van der Waals surface area contributed by atoms with Crippen LogP contribution in [0.1, 0.15) is 43.7 Å². The van der Waals surface area contributed by atoms with Crippen LogP contribution < -0.4 is 0 Å². The molecule has 4 heteroatoms. The molecule has 0 aromatic carbocycles. The Morgan fingerprint density at radius 1 is 1.16 bits per heavy atom. The van der Waals surface area contributed by atoms with Crippen molar-refractivity contribution >= 4 is 5.97 Å². The summed E-state index contributed by atoms with van der Waals surface area (Å²) in [5.74, 6) is -0.181. The van der Waals surface area contributed by atoms with E-state index in [4.69, 9.17) is 13.6 Å². The highest BCUT2D eigenvalue weighted by atomic mass is 16.5. The second-order valence-electron chi connectivity index (χ2n) is 6.55. The van der Waals surface area contributed by atoms with Gasteiger partial charge >= 0.3 is 5.97 Å². The van der Waals surface area contributed by atoms with Gasteiger partial charge in [-0.1, -0.05) is 11.6 Å². The van der Waals surface area contributed by atoms with Crippen LogP contribution in [0.5, 0.6) is 0 Å². The molecule has 1 saturated heterocycles.